The molecule has 0 aromatic heterocycles. The van der Waals surface area contributed by atoms with Crippen molar-refractivity contribution in [3.8, 4) is 5.75 Å². The monoisotopic (exact) mass is 299 g/mol. The number of carbonyl (C=O) groups excluding carboxylic acids is 1. The van der Waals surface area contributed by atoms with E-state index in [1.54, 1.807) is 13.0 Å². The van der Waals surface area contributed by atoms with E-state index < -0.39 is 6.10 Å². The fourth-order valence-corrected chi connectivity index (χ4v) is 2.11. The largest absolute Gasteiger partial charge is 0.477 e. The third-order valence-corrected chi connectivity index (χ3v) is 3.07. The van der Waals surface area contributed by atoms with E-state index in [1.807, 2.05) is 26.0 Å². The molecule has 0 fully saturated rings. The smallest absolute Gasteiger partial charge is 0.347 e. The molecule has 0 aliphatic rings. The molecule has 5 heteroatoms. The highest BCUT2D eigenvalue weighted by atomic mass is 35.5. The number of hydrogen-bond acceptors (Lipinski definition) is 4. The lowest BCUT2D eigenvalue weighted by molar-refractivity contribution is -0.151. The Labute approximate surface area is 125 Å². The zero-order chi connectivity index (χ0) is 15.1. The van der Waals surface area contributed by atoms with Crippen molar-refractivity contribution in [3.63, 3.8) is 0 Å². The summed E-state index contributed by atoms with van der Waals surface area (Å²) in [5.74, 6) is 0.146. The van der Waals surface area contributed by atoms with Crippen LogP contribution in [-0.2, 0) is 16.0 Å². The van der Waals surface area contributed by atoms with Gasteiger partial charge in [-0.15, -0.1) is 0 Å². The highest BCUT2D eigenvalue weighted by Crippen LogP contribution is 2.31. The van der Waals surface area contributed by atoms with Crippen LogP contribution in [0.3, 0.4) is 0 Å². The summed E-state index contributed by atoms with van der Waals surface area (Å²) in [5.41, 5.74) is 6.72. The van der Waals surface area contributed by atoms with E-state index in [0.717, 1.165) is 5.56 Å². The Morgan fingerprint density at radius 1 is 1.40 bits per heavy atom. The van der Waals surface area contributed by atoms with Gasteiger partial charge in [-0.2, -0.15) is 0 Å². The highest BCUT2D eigenvalue weighted by molar-refractivity contribution is 6.32. The van der Waals surface area contributed by atoms with E-state index in [1.165, 1.54) is 0 Å². The Bertz CT molecular complexity index is 449. The predicted molar refractivity (Wildman–Crippen MR) is 80.1 cm³/mol. The third-order valence-electron chi connectivity index (χ3n) is 2.77. The van der Waals surface area contributed by atoms with Crippen molar-refractivity contribution in [1.29, 1.82) is 0 Å². The predicted octanol–water partition coefficient (Wildman–Crippen LogP) is 2.95. The van der Waals surface area contributed by atoms with E-state index in [-0.39, 0.29) is 12.0 Å². The van der Waals surface area contributed by atoms with Crippen molar-refractivity contribution in [2.75, 3.05) is 6.61 Å². The molecule has 4 nitrogen and oxygen atoms in total. The molecule has 0 bridgehead atoms. The Balaban J connectivity index is 2.96. The summed E-state index contributed by atoms with van der Waals surface area (Å²) in [6, 6.07) is 5.47. The van der Waals surface area contributed by atoms with E-state index in [2.05, 4.69) is 0 Å². The molecular formula is C15H22ClNO3. The minimum atomic E-state index is -0.651. The summed E-state index contributed by atoms with van der Waals surface area (Å²) < 4.78 is 10.8. The standard InChI is InChI=1S/C15H22ClNO3/c1-4-13(15(18)19-5-2)20-14-11(9-10(3)17)7-6-8-12(14)16/h6-8,10,13H,4-5,9,17H2,1-3H3. The number of benzene rings is 1. The molecule has 0 aliphatic carbocycles. The summed E-state index contributed by atoms with van der Waals surface area (Å²) in [6.07, 6.45) is 0.498. The minimum absolute atomic E-state index is 0.0153. The molecule has 0 aliphatic heterocycles. The van der Waals surface area contributed by atoms with Crippen molar-refractivity contribution < 1.29 is 14.3 Å². The topological polar surface area (TPSA) is 61.5 Å². The van der Waals surface area contributed by atoms with Crippen LogP contribution in [0.1, 0.15) is 32.8 Å². The molecule has 1 aromatic rings. The van der Waals surface area contributed by atoms with Gasteiger partial charge in [0.25, 0.3) is 0 Å². The van der Waals surface area contributed by atoms with Crippen LogP contribution in [0.2, 0.25) is 5.02 Å². The first-order valence-corrected chi connectivity index (χ1v) is 7.23. The lowest BCUT2D eigenvalue weighted by Gasteiger charge is -2.20. The Kier molecular flexibility index (Phi) is 6.82. The first kappa shape index (κ1) is 16.8. The first-order valence-electron chi connectivity index (χ1n) is 6.85. The molecule has 112 valence electrons. The second-order valence-corrected chi connectivity index (χ2v) is 5.08. The van der Waals surface area contributed by atoms with Crippen LogP contribution >= 0.6 is 11.6 Å². The molecule has 2 N–H and O–H groups in total. The number of nitrogens with two attached hydrogens (primary N) is 1. The minimum Gasteiger partial charge on any atom is -0.477 e. The molecule has 0 amide bonds. The molecule has 0 heterocycles. The molecule has 0 radical (unpaired) electrons. The molecule has 0 spiro atoms. The van der Waals surface area contributed by atoms with Crippen molar-refractivity contribution in [2.24, 2.45) is 5.73 Å². The molecule has 20 heavy (non-hydrogen) atoms. The first-order chi connectivity index (χ1) is 9.49. The molecule has 2 atom stereocenters. The van der Waals surface area contributed by atoms with E-state index in [9.17, 15) is 4.79 Å². The zero-order valence-corrected chi connectivity index (χ0v) is 12.9. The van der Waals surface area contributed by atoms with Crippen molar-refractivity contribution >= 4 is 17.6 Å². The van der Waals surface area contributed by atoms with Crippen LogP contribution < -0.4 is 10.5 Å². The van der Waals surface area contributed by atoms with Gasteiger partial charge in [0, 0.05) is 6.04 Å². The van der Waals surface area contributed by atoms with E-state index >= 15 is 0 Å². The average molecular weight is 300 g/mol. The molecule has 1 aromatic carbocycles. The number of rotatable bonds is 7. The van der Waals surface area contributed by atoms with E-state index in [0.29, 0.717) is 30.2 Å². The summed E-state index contributed by atoms with van der Waals surface area (Å²) in [5, 5.41) is 0.478. The van der Waals surface area contributed by atoms with Crippen molar-refractivity contribution in [2.45, 2.75) is 45.8 Å². The summed E-state index contributed by atoms with van der Waals surface area (Å²) >= 11 is 6.18. The van der Waals surface area contributed by atoms with Gasteiger partial charge in [-0.05, 0) is 38.3 Å². The number of hydrogen-bond donors (Lipinski definition) is 1. The van der Waals surface area contributed by atoms with Crippen LogP contribution in [0.5, 0.6) is 5.75 Å². The molecular weight excluding hydrogens is 278 g/mol. The second-order valence-electron chi connectivity index (χ2n) is 4.68. The SMILES string of the molecule is CCOC(=O)C(CC)Oc1c(Cl)cccc1CC(C)N. The molecule has 1 rings (SSSR count). The summed E-state index contributed by atoms with van der Waals surface area (Å²) in [6.45, 7) is 5.87. The van der Waals surface area contributed by atoms with Gasteiger partial charge in [0.1, 0.15) is 5.75 Å². The van der Waals surface area contributed by atoms with Gasteiger partial charge >= 0.3 is 5.97 Å². The van der Waals surface area contributed by atoms with Gasteiger partial charge in [-0.3, -0.25) is 0 Å². The quantitative estimate of drug-likeness (QED) is 0.786. The molecule has 0 saturated heterocycles. The fraction of sp³-hybridized carbons (Fsp3) is 0.533. The molecule has 2 unspecified atom stereocenters. The van der Waals surface area contributed by atoms with Crippen LogP contribution in [0.4, 0.5) is 0 Å². The lowest BCUT2D eigenvalue weighted by atomic mass is 10.1. The van der Waals surface area contributed by atoms with Gasteiger partial charge in [0.15, 0.2) is 6.10 Å². The summed E-state index contributed by atoms with van der Waals surface area (Å²) in [4.78, 5) is 11.8. The maximum atomic E-state index is 11.8. The normalized spacial score (nSPS) is 13.7. The Morgan fingerprint density at radius 2 is 2.10 bits per heavy atom. The summed E-state index contributed by atoms with van der Waals surface area (Å²) in [7, 11) is 0. The van der Waals surface area contributed by atoms with Gasteiger partial charge in [-0.1, -0.05) is 30.7 Å². The van der Waals surface area contributed by atoms with Gasteiger partial charge in [0.05, 0.1) is 11.6 Å². The third kappa shape index (κ3) is 4.69. The van der Waals surface area contributed by atoms with Gasteiger partial charge in [-0.25, -0.2) is 4.79 Å². The van der Waals surface area contributed by atoms with Crippen LogP contribution in [-0.4, -0.2) is 24.7 Å². The lowest BCUT2D eigenvalue weighted by Crippen LogP contribution is -2.29. The highest BCUT2D eigenvalue weighted by Gasteiger charge is 2.22. The van der Waals surface area contributed by atoms with Crippen molar-refractivity contribution in [3.05, 3.63) is 28.8 Å². The van der Waals surface area contributed by atoms with E-state index in [4.69, 9.17) is 26.8 Å². The fourth-order valence-electron chi connectivity index (χ4n) is 1.87. The Hall–Kier alpha value is -1.26. The number of ether oxygens (including phenoxy) is 2. The number of halogens is 1. The number of carbonyl (C=O) groups is 1. The Morgan fingerprint density at radius 3 is 2.65 bits per heavy atom. The van der Waals surface area contributed by atoms with Crippen LogP contribution in [0, 0.1) is 0 Å². The van der Waals surface area contributed by atoms with Crippen molar-refractivity contribution in [1.82, 2.24) is 0 Å². The zero-order valence-electron chi connectivity index (χ0n) is 12.2. The van der Waals surface area contributed by atoms with Gasteiger partial charge < -0.3 is 15.2 Å². The van der Waals surface area contributed by atoms with Crippen LogP contribution in [0.25, 0.3) is 0 Å². The number of para-hydroxylation sites is 1. The molecule has 0 saturated carbocycles. The maximum Gasteiger partial charge on any atom is 0.347 e. The second kappa shape index (κ2) is 8.12. The maximum absolute atomic E-state index is 11.8. The average Bonchev–Trinajstić information content (AvgIpc) is 2.38. The van der Waals surface area contributed by atoms with Gasteiger partial charge in [0.2, 0.25) is 0 Å². The van der Waals surface area contributed by atoms with Crippen LogP contribution in [0.15, 0.2) is 18.2 Å². The number of esters is 1.